The SMILES string of the molecule is CN(C)C(=O)CN1CC[C@@H](c2ccccc2)C1. The fraction of sp³-hybridized carbons (Fsp3) is 0.500. The van der Waals surface area contributed by atoms with E-state index >= 15 is 0 Å². The van der Waals surface area contributed by atoms with Gasteiger partial charge in [-0.25, -0.2) is 0 Å². The van der Waals surface area contributed by atoms with Crippen molar-refractivity contribution in [3.05, 3.63) is 35.9 Å². The lowest BCUT2D eigenvalue weighted by Crippen LogP contribution is -2.35. The van der Waals surface area contributed by atoms with Gasteiger partial charge in [0, 0.05) is 20.6 Å². The molecule has 1 atom stereocenters. The molecule has 0 bridgehead atoms. The van der Waals surface area contributed by atoms with Crippen LogP contribution in [0.1, 0.15) is 17.9 Å². The Kier molecular flexibility index (Phi) is 3.79. The van der Waals surface area contributed by atoms with E-state index in [4.69, 9.17) is 0 Å². The highest BCUT2D eigenvalue weighted by molar-refractivity contribution is 5.77. The normalized spacial score (nSPS) is 20.5. The second-order valence-corrected chi connectivity index (χ2v) is 4.92. The summed E-state index contributed by atoms with van der Waals surface area (Å²) in [5.41, 5.74) is 1.40. The number of rotatable bonds is 3. The van der Waals surface area contributed by atoms with E-state index in [-0.39, 0.29) is 5.91 Å². The summed E-state index contributed by atoms with van der Waals surface area (Å²) in [5, 5.41) is 0. The van der Waals surface area contributed by atoms with Crippen LogP contribution >= 0.6 is 0 Å². The van der Waals surface area contributed by atoms with Gasteiger partial charge in [0.2, 0.25) is 5.91 Å². The van der Waals surface area contributed by atoms with Crippen LogP contribution in [0.5, 0.6) is 0 Å². The third-order valence-electron chi connectivity index (χ3n) is 3.40. The molecule has 92 valence electrons. The van der Waals surface area contributed by atoms with Crippen LogP contribution in [0.4, 0.5) is 0 Å². The fourth-order valence-electron chi connectivity index (χ4n) is 2.31. The van der Waals surface area contributed by atoms with Gasteiger partial charge >= 0.3 is 0 Å². The molecular weight excluding hydrogens is 212 g/mol. The lowest BCUT2D eigenvalue weighted by Gasteiger charge is -2.18. The molecule has 0 radical (unpaired) electrons. The van der Waals surface area contributed by atoms with Crippen molar-refractivity contribution in [2.45, 2.75) is 12.3 Å². The number of likely N-dealkylation sites (tertiary alicyclic amines) is 1. The maximum atomic E-state index is 11.6. The first kappa shape index (κ1) is 12.1. The number of carbonyl (C=O) groups excluding carboxylic acids is 1. The van der Waals surface area contributed by atoms with Crippen LogP contribution in [0, 0.1) is 0 Å². The highest BCUT2D eigenvalue weighted by Crippen LogP contribution is 2.26. The first-order valence-electron chi connectivity index (χ1n) is 6.14. The maximum Gasteiger partial charge on any atom is 0.236 e. The molecule has 1 saturated heterocycles. The van der Waals surface area contributed by atoms with Crippen LogP contribution < -0.4 is 0 Å². The molecule has 1 amide bonds. The molecule has 0 N–H and O–H groups in total. The number of benzene rings is 1. The third-order valence-corrected chi connectivity index (χ3v) is 3.40. The molecular formula is C14H20N2O. The van der Waals surface area contributed by atoms with Gasteiger partial charge < -0.3 is 4.90 Å². The molecule has 1 aromatic carbocycles. The number of likely N-dealkylation sites (N-methyl/N-ethyl adjacent to an activating group) is 1. The Balaban J connectivity index is 1.90. The third kappa shape index (κ3) is 3.07. The van der Waals surface area contributed by atoms with Gasteiger partial charge in [-0.2, -0.15) is 0 Å². The summed E-state index contributed by atoms with van der Waals surface area (Å²) < 4.78 is 0. The molecule has 1 aliphatic heterocycles. The lowest BCUT2D eigenvalue weighted by atomic mass is 9.99. The van der Waals surface area contributed by atoms with E-state index in [1.165, 1.54) is 5.56 Å². The minimum atomic E-state index is 0.193. The first-order valence-corrected chi connectivity index (χ1v) is 6.14. The summed E-state index contributed by atoms with van der Waals surface area (Å²) in [6.45, 7) is 2.58. The molecule has 3 heteroatoms. The summed E-state index contributed by atoms with van der Waals surface area (Å²) in [6.07, 6.45) is 1.16. The van der Waals surface area contributed by atoms with E-state index in [0.29, 0.717) is 12.5 Å². The zero-order valence-electron chi connectivity index (χ0n) is 10.6. The predicted molar refractivity (Wildman–Crippen MR) is 68.9 cm³/mol. The summed E-state index contributed by atoms with van der Waals surface area (Å²) in [6, 6.07) is 10.6. The number of nitrogens with zero attached hydrogens (tertiary/aromatic N) is 2. The Morgan fingerprint density at radius 3 is 2.71 bits per heavy atom. The Morgan fingerprint density at radius 2 is 2.06 bits per heavy atom. The molecule has 1 heterocycles. The van der Waals surface area contributed by atoms with Crippen LogP contribution in [0.3, 0.4) is 0 Å². The largest absolute Gasteiger partial charge is 0.348 e. The highest BCUT2D eigenvalue weighted by Gasteiger charge is 2.25. The van der Waals surface area contributed by atoms with Crippen molar-refractivity contribution >= 4 is 5.91 Å². The van der Waals surface area contributed by atoms with Gasteiger partial charge in [-0.1, -0.05) is 30.3 Å². The van der Waals surface area contributed by atoms with Crippen LogP contribution in [-0.2, 0) is 4.79 Å². The Bertz CT molecular complexity index is 375. The van der Waals surface area contributed by atoms with Gasteiger partial charge in [0.1, 0.15) is 0 Å². The van der Waals surface area contributed by atoms with Crippen molar-refractivity contribution in [1.29, 1.82) is 0 Å². The summed E-state index contributed by atoms with van der Waals surface area (Å²) in [7, 11) is 3.63. The Morgan fingerprint density at radius 1 is 1.35 bits per heavy atom. The zero-order chi connectivity index (χ0) is 12.3. The molecule has 1 aromatic rings. The molecule has 0 aromatic heterocycles. The van der Waals surface area contributed by atoms with Crippen LogP contribution in [0.15, 0.2) is 30.3 Å². The van der Waals surface area contributed by atoms with Crippen LogP contribution in [-0.4, -0.2) is 49.4 Å². The standard InChI is InChI=1S/C14H20N2O/c1-15(2)14(17)11-16-9-8-13(10-16)12-6-4-3-5-7-12/h3-7,13H,8-11H2,1-2H3/t13-/m1/s1. The quantitative estimate of drug-likeness (QED) is 0.789. The summed E-state index contributed by atoms with van der Waals surface area (Å²) >= 11 is 0. The monoisotopic (exact) mass is 232 g/mol. The summed E-state index contributed by atoms with van der Waals surface area (Å²) in [5.74, 6) is 0.782. The van der Waals surface area contributed by atoms with Crippen molar-refractivity contribution in [3.63, 3.8) is 0 Å². The van der Waals surface area contributed by atoms with Crippen molar-refractivity contribution in [2.24, 2.45) is 0 Å². The van der Waals surface area contributed by atoms with E-state index in [0.717, 1.165) is 19.5 Å². The fourth-order valence-corrected chi connectivity index (χ4v) is 2.31. The molecule has 0 unspecified atom stereocenters. The number of hydrogen-bond donors (Lipinski definition) is 0. The van der Waals surface area contributed by atoms with E-state index < -0.39 is 0 Å². The van der Waals surface area contributed by atoms with Crippen LogP contribution in [0.25, 0.3) is 0 Å². The smallest absolute Gasteiger partial charge is 0.236 e. The van der Waals surface area contributed by atoms with E-state index in [1.807, 2.05) is 20.2 Å². The van der Waals surface area contributed by atoms with Crippen molar-refractivity contribution in [1.82, 2.24) is 9.80 Å². The zero-order valence-corrected chi connectivity index (χ0v) is 10.6. The van der Waals surface area contributed by atoms with Crippen molar-refractivity contribution < 1.29 is 4.79 Å². The van der Waals surface area contributed by atoms with Crippen molar-refractivity contribution in [3.8, 4) is 0 Å². The predicted octanol–water partition coefficient (Wildman–Crippen LogP) is 1.56. The Labute approximate surface area is 103 Å². The topological polar surface area (TPSA) is 23.6 Å². The lowest BCUT2D eigenvalue weighted by molar-refractivity contribution is -0.129. The van der Waals surface area contributed by atoms with Gasteiger partial charge in [-0.05, 0) is 24.4 Å². The van der Waals surface area contributed by atoms with Gasteiger partial charge in [-0.15, -0.1) is 0 Å². The second kappa shape index (κ2) is 5.32. The number of carbonyl (C=O) groups is 1. The van der Waals surface area contributed by atoms with Gasteiger partial charge in [-0.3, -0.25) is 9.69 Å². The van der Waals surface area contributed by atoms with Gasteiger partial charge in [0.05, 0.1) is 6.54 Å². The van der Waals surface area contributed by atoms with Gasteiger partial charge in [0.25, 0.3) is 0 Å². The average molecular weight is 232 g/mol. The molecule has 17 heavy (non-hydrogen) atoms. The molecule has 3 nitrogen and oxygen atoms in total. The van der Waals surface area contributed by atoms with E-state index in [1.54, 1.807) is 4.90 Å². The molecule has 1 fully saturated rings. The minimum Gasteiger partial charge on any atom is -0.348 e. The molecule has 0 aliphatic carbocycles. The molecule has 2 rings (SSSR count). The van der Waals surface area contributed by atoms with Crippen molar-refractivity contribution in [2.75, 3.05) is 33.7 Å². The summed E-state index contributed by atoms with van der Waals surface area (Å²) in [4.78, 5) is 15.5. The van der Waals surface area contributed by atoms with Gasteiger partial charge in [0.15, 0.2) is 0 Å². The van der Waals surface area contributed by atoms with E-state index in [9.17, 15) is 4.79 Å². The molecule has 0 spiro atoms. The second-order valence-electron chi connectivity index (χ2n) is 4.92. The molecule has 0 saturated carbocycles. The van der Waals surface area contributed by atoms with Crippen LogP contribution in [0.2, 0.25) is 0 Å². The highest BCUT2D eigenvalue weighted by atomic mass is 16.2. The minimum absolute atomic E-state index is 0.193. The number of hydrogen-bond acceptors (Lipinski definition) is 2. The Hall–Kier alpha value is -1.35. The molecule has 1 aliphatic rings. The van der Waals surface area contributed by atoms with E-state index in [2.05, 4.69) is 29.2 Å². The average Bonchev–Trinajstić information content (AvgIpc) is 2.78. The first-order chi connectivity index (χ1) is 8.16. The number of amides is 1. The maximum absolute atomic E-state index is 11.6.